The molecule has 1 fully saturated rings. The molecule has 1 heterocycles. The lowest BCUT2D eigenvalue weighted by Crippen LogP contribution is -2.31. The molecule has 0 aliphatic carbocycles. The highest BCUT2D eigenvalue weighted by atomic mass is 32.2. The minimum atomic E-state index is -3.40. The van der Waals surface area contributed by atoms with Gasteiger partial charge in [-0.1, -0.05) is 30.3 Å². The van der Waals surface area contributed by atoms with Gasteiger partial charge in [0.1, 0.15) is 0 Å². The van der Waals surface area contributed by atoms with Crippen LogP contribution in [-0.2, 0) is 35.1 Å². The Labute approximate surface area is 150 Å². The van der Waals surface area contributed by atoms with Gasteiger partial charge < -0.3 is 14.2 Å². The minimum absolute atomic E-state index is 0.144. The summed E-state index contributed by atoms with van der Waals surface area (Å²) in [6, 6.07) is 9.95. The number of ether oxygens (including phenoxy) is 3. The van der Waals surface area contributed by atoms with Gasteiger partial charge in [-0.3, -0.25) is 4.18 Å². The summed E-state index contributed by atoms with van der Waals surface area (Å²) in [4.78, 5) is 0. The van der Waals surface area contributed by atoms with Gasteiger partial charge >= 0.3 is 0 Å². The number of hydrogen-bond donors (Lipinski definition) is 0. The highest BCUT2D eigenvalue weighted by Crippen LogP contribution is 2.18. The van der Waals surface area contributed by atoms with Crippen LogP contribution in [0.4, 0.5) is 0 Å². The molecular formula is C18H28O6S. The Hall–Kier alpha value is -0.990. The lowest BCUT2D eigenvalue weighted by Gasteiger charge is -2.27. The molecule has 6 nitrogen and oxygen atoms in total. The van der Waals surface area contributed by atoms with Crippen LogP contribution in [0.3, 0.4) is 0 Å². The van der Waals surface area contributed by atoms with E-state index >= 15 is 0 Å². The fourth-order valence-electron chi connectivity index (χ4n) is 2.63. The van der Waals surface area contributed by atoms with Gasteiger partial charge in [-0.2, -0.15) is 8.42 Å². The SMILES string of the molecule is CS(=O)(=O)OCCC[C@@H](COCc1ccccc1)OC1CCCCO1. The smallest absolute Gasteiger partial charge is 0.264 e. The van der Waals surface area contributed by atoms with Crippen LogP contribution in [0, 0.1) is 0 Å². The molecule has 7 heteroatoms. The van der Waals surface area contributed by atoms with Crippen molar-refractivity contribution < 1.29 is 26.8 Å². The predicted octanol–water partition coefficient (Wildman–Crippen LogP) is 2.87. The monoisotopic (exact) mass is 372 g/mol. The molecule has 0 N–H and O–H groups in total. The van der Waals surface area contributed by atoms with Crippen molar-refractivity contribution in [3.05, 3.63) is 35.9 Å². The van der Waals surface area contributed by atoms with Crippen molar-refractivity contribution in [3.8, 4) is 0 Å². The van der Waals surface area contributed by atoms with Crippen molar-refractivity contribution in [2.45, 2.75) is 51.1 Å². The Balaban J connectivity index is 1.75. The Morgan fingerprint density at radius 3 is 2.72 bits per heavy atom. The van der Waals surface area contributed by atoms with Crippen LogP contribution in [-0.4, -0.2) is 46.9 Å². The van der Waals surface area contributed by atoms with Crippen molar-refractivity contribution in [2.75, 3.05) is 26.1 Å². The molecule has 0 bridgehead atoms. The molecule has 1 aliphatic heterocycles. The first-order chi connectivity index (χ1) is 12.0. The molecule has 2 rings (SSSR count). The summed E-state index contributed by atoms with van der Waals surface area (Å²) in [7, 11) is -3.40. The second-order valence-electron chi connectivity index (χ2n) is 6.22. The first kappa shape index (κ1) is 20.3. The Morgan fingerprint density at radius 2 is 2.04 bits per heavy atom. The molecule has 25 heavy (non-hydrogen) atoms. The van der Waals surface area contributed by atoms with Crippen molar-refractivity contribution >= 4 is 10.1 Å². The van der Waals surface area contributed by atoms with E-state index in [0.29, 0.717) is 26.1 Å². The lowest BCUT2D eigenvalue weighted by molar-refractivity contribution is -0.200. The number of benzene rings is 1. The lowest BCUT2D eigenvalue weighted by atomic mass is 10.2. The number of hydrogen-bond acceptors (Lipinski definition) is 6. The van der Waals surface area contributed by atoms with E-state index in [9.17, 15) is 8.42 Å². The van der Waals surface area contributed by atoms with Crippen LogP contribution in [0.2, 0.25) is 0 Å². The molecule has 2 atom stereocenters. The van der Waals surface area contributed by atoms with E-state index in [1.165, 1.54) is 0 Å². The minimum Gasteiger partial charge on any atom is -0.374 e. The third kappa shape index (κ3) is 9.32. The zero-order chi connectivity index (χ0) is 18.0. The van der Waals surface area contributed by atoms with Gasteiger partial charge in [-0.15, -0.1) is 0 Å². The predicted molar refractivity (Wildman–Crippen MR) is 94.6 cm³/mol. The highest BCUT2D eigenvalue weighted by Gasteiger charge is 2.20. The van der Waals surface area contributed by atoms with Gasteiger partial charge in [0, 0.05) is 6.61 Å². The maximum atomic E-state index is 11.0. The Bertz CT molecular complexity index is 568. The molecule has 1 saturated heterocycles. The van der Waals surface area contributed by atoms with Gasteiger partial charge in [0.25, 0.3) is 10.1 Å². The van der Waals surface area contributed by atoms with Crippen molar-refractivity contribution in [1.82, 2.24) is 0 Å². The quantitative estimate of drug-likeness (QED) is 0.439. The number of rotatable bonds is 11. The van der Waals surface area contributed by atoms with Gasteiger partial charge in [0.05, 0.1) is 32.2 Å². The van der Waals surface area contributed by atoms with E-state index in [2.05, 4.69) is 0 Å². The van der Waals surface area contributed by atoms with E-state index in [4.69, 9.17) is 18.4 Å². The summed E-state index contributed by atoms with van der Waals surface area (Å²) in [5.74, 6) is 0. The first-order valence-electron chi connectivity index (χ1n) is 8.76. The first-order valence-corrected chi connectivity index (χ1v) is 10.6. The summed E-state index contributed by atoms with van der Waals surface area (Å²) < 4.78 is 44.3. The van der Waals surface area contributed by atoms with Crippen LogP contribution < -0.4 is 0 Å². The third-order valence-corrected chi connectivity index (χ3v) is 4.46. The second-order valence-corrected chi connectivity index (χ2v) is 7.87. The molecule has 1 aromatic carbocycles. The summed E-state index contributed by atoms with van der Waals surface area (Å²) >= 11 is 0. The summed E-state index contributed by atoms with van der Waals surface area (Å²) in [6.45, 7) is 1.84. The van der Waals surface area contributed by atoms with Crippen LogP contribution in [0.5, 0.6) is 0 Å². The molecule has 142 valence electrons. The molecule has 1 unspecified atom stereocenters. The maximum absolute atomic E-state index is 11.0. The van der Waals surface area contributed by atoms with E-state index in [1.807, 2.05) is 30.3 Å². The van der Waals surface area contributed by atoms with E-state index < -0.39 is 10.1 Å². The van der Waals surface area contributed by atoms with Crippen LogP contribution in [0.1, 0.15) is 37.7 Å². The molecule has 0 spiro atoms. The molecule has 1 aliphatic rings. The Morgan fingerprint density at radius 1 is 1.24 bits per heavy atom. The summed E-state index contributed by atoms with van der Waals surface area (Å²) in [6.07, 6.45) is 5.00. The average molecular weight is 372 g/mol. The third-order valence-electron chi connectivity index (χ3n) is 3.87. The van der Waals surface area contributed by atoms with Crippen molar-refractivity contribution in [1.29, 1.82) is 0 Å². The topological polar surface area (TPSA) is 71.1 Å². The van der Waals surface area contributed by atoms with Crippen LogP contribution >= 0.6 is 0 Å². The second kappa shape index (κ2) is 10.9. The molecule has 0 radical (unpaired) electrons. The van der Waals surface area contributed by atoms with Gasteiger partial charge in [-0.25, -0.2) is 0 Å². The Kier molecular flexibility index (Phi) is 8.84. The van der Waals surface area contributed by atoms with E-state index in [1.54, 1.807) is 0 Å². The van der Waals surface area contributed by atoms with Crippen LogP contribution in [0.15, 0.2) is 30.3 Å². The molecular weight excluding hydrogens is 344 g/mol. The zero-order valence-corrected chi connectivity index (χ0v) is 15.6. The fourth-order valence-corrected chi connectivity index (χ4v) is 3.05. The van der Waals surface area contributed by atoms with E-state index in [0.717, 1.165) is 37.7 Å². The molecule has 0 aromatic heterocycles. The largest absolute Gasteiger partial charge is 0.374 e. The highest BCUT2D eigenvalue weighted by molar-refractivity contribution is 7.85. The van der Waals surface area contributed by atoms with E-state index in [-0.39, 0.29) is 19.0 Å². The fraction of sp³-hybridized carbons (Fsp3) is 0.667. The molecule has 0 saturated carbocycles. The van der Waals surface area contributed by atoms with Gasteiger partial charge in [0.2, 0.25) is 0 Å². The standard InChI is InChI=1S/C18H28O6S/c1-25(19,20)23-13-7-10-17(24-18-11-5-6-12-22-18)15-21-14-16-8-3-2-4-9-16/h2-4,8-9,17-18H,5-7,10-15H2,1H3/t17-,18?/m0/s1. The molecule has 1 aromatic rings. The van der Waals surface area contributed by atoms with Crippen molar-refractivity contribution in [2.24, 2.45) is 0 Å². The summed E-state index contributed by atoms with van der Waals surface area (Å²) in [5, 5.41) is 0. The summed E-state index contributed by atoms with van der Waals surface area (Å²) in [5.41, 5.74) is 1.11. The van der Waals surface area contributed by atoms with Crippen LogP contribution in [0.25, 0.3) is 0 Å². The maximum Gasteiger partial charge on any atom is 0.264 e. The van der Waals surface area contributed by atoms with Gasteiger partial charge in [0.15, 0.2) is 6.29 Å². The van der Waals surface area contributed by atoms with Crippen molar-refractivity contribution in [3.63, 3.8) is 0 Å². The molecule has 0 amide bonds. The van der Waals surface area contributed by atoms with Gasteiger partial charge in [-0.05, 0) is 37.7 Å². The zero-order valence-electron chi connectivity index (χ0n) is 14.8. The normalized spacial score (nSPS) is 19.6. The average Bonchev–Trinajstić information content (AvgIpc) is 2.59.